The zero-order valence-corrected chi connectivity index (χ0v) is 11.5. The van der Waals surface area contributed by atoms with Crippen molar-refractivity contribution >= 4 is 5.78 Å². The minimum Gasteiger partial charge on any atom is -0.316 e. The van der Waals surface area contributed by atoms with Gasteiger partial charge >= 0.3 is 0 Å². The van der Waals surface area contributed by atoms with Crippen LogP contribution in [0.4, 0.5) is 0 Å². The van der Waals surface area contributed by atoms with Crippen LogP contribution in [0.3, 0.4) is 0 Å². The summed E-state index contributed by atoms with van der Waals surface area (Å²) in [6.45, 7) is 6.29. The van der Waals surface area contributed by atoms with E-state index in [1.165, 1.54) is 18.4 Å². The van der Waals surface area contributed by atoms with Gasteiger partial charge in [0.1, 0.15) is 0 Å². The molecule has 1 atom stereocenters. The summed E-state index contributed by atoms with van der Waals surface area (Å²) >= 11 is 0. The molecule has 1 aromatic carbocycles. The molecule has 1 saturated heterocycles. The van der Waals surface area contributed by atoms with Crippen molar-refractivity contribution in [1.29, 1.82) is 0 Å². The van der Waals surface area contributed by atoms with Crippen LogP contribution in [0.5, 0.6) is 0 Å². The zero-order valence-electron chi connectivity index (χ0n) is 11.5. The summed E-state index contributed by atoms with van der Waals surface area (Å²) in [6.07, 6.45) is 4.24. The van der Waals surface area contributed by atoms with Crippen LogP contribution in [0.2, 0.25) is 0 Å². The smallest absolute Gasteiger partial charge is 0.163 e. The number of carbonyl (C=O) groups is 1. The molecule has 1 fully saturated rings. The molecule has 0 amide bonds. The van der Waals surface area contributed by atoms with E-state index in [-0.39, 0.29) is 0 Å². The Hall–Kier alpha value is -1.15. The predicted molar refractivity (Wildman–Crippen MR) is 75.1 cm³/mol. The summed E-state index contributed by atoms with van der Waals surface area (Å²) in [5.74, 6) is 0.995. The summed E-state index contributed by atoms with van der Waals surface area (Å²) in [5.41, 5.74) is 3.19. The molecule has 1 aliphatic heterocycles. The molecule has 1 N–H and O–H groups in total. The molecule has 0 radical (unpaired) electrons. The highest BCUT2D eigenvalue weighted by Gasteiger charge is 2.16. The third-order valence-electron chi connectivity index (χ3n) is 3.87. The Morgan fingerprint density at radius 2 is 2.22 bits per heavy atom. The van der Waals surface area contributed by atoms with Gasteiger partial charge in [-0.1, -0.05) is 17.7 Å². The molecule has 2 heteroatoms. The highest BCUT2D eigenvalue weighted by molar-refractivity contribution is 5.97. The van der Waals surface area contributed by atoms with Gasteiger partial charge in [-0.15, -0.1) is 0 Å². The fourth-order valence-electron chi connectivity index (χ4n) is 2.68. The van der Waals surface area contributed by atoms with Crippen LogP contribution in [0.25, 0.3) is 0 Å². The normalized spacial score (nSPS) is 19.8. The second-order valence-electron chi connectivity index (χ2n) is 5.49. The molecule has 0 spiro atoms. The van der Waals surface area contributed by atoms with E-state index in [9.17, 15) is 4.79 Å². The van der Waals surface area contributed by atoms with Crippen molar-refractivity contribution in [1.82, 2.24) is 5.32 Å². The highest BCUT2D eigenvalue weighted by atomic mass is 16.1. The molecule has 1 aromatic rings. The number of hydrogen-bond acceptors (Lipinski definition) is 2. The standard InChI is InChI=1S/C16H23NO/c1-12-5-6-13(2)15(10-12)16(18)8-7-14-4-3-9-17-11-14/h5-6,10,14,17H,3-4,7-9,11H2,1-2H3. The third-order valence-corrected chi connectivity index (χ3v) is 3.87. The first-order chi connectivity index (χ1) is 8.66. The Morgan fingerprint density at radius 1 is 1.39 bits per heavy atom. The Bertz CT molecular complexity index is 419. The lowest BCUT2D eigenvalue weighted by Gasteiger charge is -2.22. The molecule has 0 aliphatic carbocycles. The number of nitrogens with one attached hydrogen (secondary N) is 1. The number of carbonyl (C=O) groups excluding carboxylic acids is 1. The highest BCUT2D eigenvalue weighted by Crippen LogP contribution is 2.19. The molecular formula is C16H23NO. The van der Waals surface area contributed by atoms with E-state index < -0.39 is 0 Å². The largest absolute Gasteiger partial charge is 0.316 e. The molecular weight excluding hydrogens is 222 g/mol. The molecule has 1 unspecified atom stereocenters. The first kappa shape index (κ1) is 13.3. The molecule has 1 aliphatic rings. The fourth-order valence-corrected chi connectivity index (χ4v) is 2.68. The maximum absolute atomic E-state index is 12.2. The Morgan fingerprint density at radius 3 is 2.94 bits per heavy atom. The number of benzene rings is 1. The number of hydrogen-bond donors (Lipinski definition) is 1. The van der Waals surface area contributed by atoms with E-state index in [2.05, 4.69) is 11.4 Å². The van der Waals surface area contributed by atoms with Crippen LogP contribution in [-0.2, 0) is 0 Å². The van der Waals surface area contributed by atoms with Gasteiger partial charge in [0.25, 0.3) is 0 Å². The lowest BCUT2D eigenvalue weighted by atomic mass is 9.91. The number of aryl methyl sites for hydroxylation is 2. The predicted octanol–water partition coefficient (Wildman–Crippen LogP) is 3.27. The molecule has 2 rings (SSSR count). The fraction of sp³-hybridized carbons (Fsp3) is 0.562. The average Bonchev–Trinajstić information content (AvgIpc) is 2.40. The van der Waals surface area contributed by atoms with Gasteiger partial charge in [0.15, 0.2) is 5.78 Å². The van der Waals surface area contributed by atoms with E-state index >= 15 is 0 Å². The topological polar surface area (TPSA) is 29.1 Å². The summed E-state index contributed by atoms with van der Waals surface area (Å²) < 4.78 is 0. The lowest BCUT2D eigenvalue weighted by Crippen LogP contribution is -2.30. The minimum atomic E-state index is 0.307. The van der Waals surface area contributed by atoms with Crippen LogP contribution in [0.15, 0.2) is 18.2 Å². The van der Waals surface area contributed by atoms with Crippen molar-refractivity contribution in [2.24, 2.45) is 5.92 Å². The second kappa shape index (κ2) is 6.14. The second-order valence-corrected chi connectivity index (χ2v) is 5.49. The van der Waals surface area contributed by atoms with Crippen LogP contribution in [-0.4, -0.2) is 18.9 Å². The van der Waals surface area contributed by atoms with Gasteiger partial charge in [-0.05, 0) is 63.7 Å². The zero-order chi connectivity index (χ0) is 13.0. The molecule has 1 heterocycles. The lowest BCUT2D eigenvalue weighted by molar-refractivity contribution is 0.0970. The molecule has 0 bridgehead atoms. The van der Waals surface area contributed by atoms with Gasteiger partial charge in [0, 0.05) is 12.0 Å². The first-order valence-corrected chi connectivity index (χ1v) is 6.98. The maximum Gasteiger partial charge on any atom is 0.163 e. The van der Waals surface area contributed by atoms with Gasteiger partial charge in [0.2, 0.25) is 0 Å². The van der Waals surface area contributed by atoms with E-state index in [1.807, 2.05) is 26.0 Å². The molecule has 18 heavy (non-hydrogen) atoms. The van der Waals surface area contributed by atoms with Crippen LogP contribution >= 0.6 is 0 Å². The molecule has 2 nitrogen and oxygen atoms in total. The maximum atomic E-state index is 12.2. The van der Waals surface area contributed by atoms with Crippen LogP contribution in [0.1, 0.15) is 47.2 Å². The van der Waals surface area contributed by atoms with Crippen molar-refractivity contribution in [3.05, 3.63) is 34.9 Å². The van der Waals surface area contributed by atoms with Crippen molar-refractivity contribution in [2.45, 2.75) is 39.5 Å². The summed E-state index contributed by atoms with van der Waals surface area (Å²) in [5, 5.41) is 3.41. The van der Waals surface area contributed by atoms with E-state index in [0.29, 0.717) is 18.1 Å². The Kier molecular flexibility index (Phi) is 4.54. The Balaban J connectivity index is 1.92. The number of piperidine rings is 1. The van der Waals surface area contributed by atoms with E-state index in [0.717, 1.165) is 30.6 Å². The van der Waals surface area contributed by atoms with Gasteiger partial charge in [-0.25, -0.2) is 0 Å². The van der Waals surface area contributed by atoms with Gasteiger partial charge in [-0.3, -0.25) is 4.79 Å². The van der Waals surface area contributed by atoms with Gasteiger partial charge in [-0.2, -0.15) is 0 Å². The van der Waals surface area contributed by atoms with Crippen LogP contribution < -0.4 is 5.32 Å². The van der Waals surface area contributed by atoms with Gasteiger partial charge in [0.05, 0.1) is 0 Å². The SMILES string of the molecule is Cc1ccc(C)c(C(=O)CCC2CCCNC2)c1. The average molecular weight is 245 g/mol. The summed E-state index contributed by atoms with van der Waals surface area (Å²) in [6, 6.07) is 6.14. The van der Waals surface area contributed by atoms with Gasteiger partial charge < -0.3 is 5.32 Å². The van der Waals surface area contributed by atoms with Crippen molar-refractivity contribution in [3.8, 4) is 0 Å². The molecule has 0 saturated carbocycles. The van der Waals surface area contributed by atoms with Crippen molar-refractivity contribution in [2.75, 3.05) is 13.1 Å². The number of Topliss-reactive ketones (excluding diaryl/α,β-unsaturated/α-hetero) is 1. The number of rotatable bonds is 4. The van der Waals surface area contributed by atoms with Crippen LogP contribution in [0, 0.1) is 19.8 Å². The molecule has 0 aromatic heterocycles. The molecule has 98 valence electrons. The van der Waals surface area contributed by atoms with E-state index in [4.69, 9.17) is 0 Å². The van der Waals surface area contributed by atoms with E-state index in [1.54, 1.807) is 0 Å². The monoisotopic (exact) mass is 245 g/mol. The third kappa shape index (κ3) is 3.42. The van der Waals surface area contributed by atoms with Crippen molar-refractivity contribution in [3.63, 3.8) is 0 Å². The quantitative estimate of drug-likeness (QED) is 0.825. The minimum absolute atomic E-state index is 0.307. The van der Waals surface area contributed by atoms with Crippen molar-refractivity contribution < 1.29 is 4.79 Å². The summed E-state index contributed by atoms with van der Waals surface area (Å²) in [7, 11) is 0. The Labute approximate surface area is 110 Å². The first-order valence-electron chi connectivity index (χ1n) is 6.98. The number of ketones is 1. The summed E-state index contributed by atoms with van der Waals surface area (Å²) in [4.78, 5) is 12.2.